The molecule has 0 amide bonds. The molecule has 2 unspecified atom stereocenters. The van der Waals surface area contributed by atoms with Crippen LogP contribution in [0.25, 0.3) is 0 Å². The fourth-order valence-electron chi connectivity index (χ4n) is 2.94. The second-order valence-corrected chi connectivity index (χ2v) is 6.15. The SMILES string of the molecule is CCCNCC1C(c2c(F)cccc2Cl)C1(C)C. The fourth-order valence-corrected chi connectivity index (χ4v) is 3.22. The molecule has 1 fully saturated rings. The summed E-state index contributed by atoms with van der Waals surface area (Å²) in [6.45, 7) is 8.49. The van der Waals surface area contributed by atoms with E-state index in [0.29, 0.717) is 16.5 Å². The van der Waals surface area contributed by atoms with Crippen LogP contribution in [0.4, 0.5) is 4.39 Å². The Morgan fingerprint density at radius 1 is 1.39 bits per heavy atom. The molecule has 3 heteroatoms. The molecule has 0 heterocycles. The Balaban J connectivity index is 2.14. The van der Waals surface area contributed by atoms with E-state index in [-0.39, 0.29) is 17.2 Å². The quantitative estimate of drug-likeness (QED) is 0.790. The van der Waals surface area contributed by atoms with E-state index >= 15 is 0 Å². The monoisotopic (exact) mass is 269 g/mol. The van der Waals surface area contributed by atoms with Gasteiger partial charge in [0.1, 0.15) is 5.82 Å². The van der Waals surface area contributed by atoms with E-state index in [4.69, 9.17) is 11.6 Å². The summed E-state index contributed by atoms with van der Waals surface area (Å²) in [7, 11) is 0. The van der Waals surface area contributed by atoms with E-state index in [0.717, 1.165) is 19.5 Å². The molecule has 0 aliphatic heterocycles. The minimum atomic E-state index is -0.168. The molecule has 1 saturated carbocycles. The van der Waals surface area contributed by atoms with Gasteiger partial charge in [-0.2, -0.15) is 0 Å². The minimum Gasteiger partial charge on any atom is -0.316 e. The summed E-state index contributed by atoms with van der Waals surface area (Å²) >= 11 is 6.16. The zero-order valence-electron chi connectivity index (χ0n) is 11.3. The summed E-state index contributed by atoms with van der Waals surface area (Å²) in [5, 5.41) is 3.99. The Labute approximate surface area is 114 Å². The van der Waals surface area contributed by atoms with E-state index in [1.807, 2.05) is 0 Å². The molecule has 100 valence electrons. The first kappa shape index (κ1) is 13.8. The van der Waals surface area contributed by atoms with Crippen LogP contribution in [-0.4, -0.2) is 13.1 Å². The summed E-state index contributed by atoms with van der Waals surface area (Å²) in [4.78, 5) is 0. The van der Waals surface area contributed by atoms with Gasteiger partial charge in [0.05, 0.1) is 0 Å². The van der Waals surface area contributed by atoms with Gasteiger partial charge in [0.2, 0.25) is 0 Å². The number of halogens is 2. The van der Waals surface area contributed by atoms with Gasteiger partial charge in [0, 0.05) is 10.6 Å². The van der Waals surface area contributed by atoms with Crippen molar-refractivity contribution in [3.63, 3.8) is 0 Å². The molecule has 1 aromatic carbocycles. The van der Waals surface area contributed by atoms with Crippen molar-refractivity contribution in [3.05, 3.63) is 34.6 Å². The zero-order valence-corrected chi connectivity index (χ0v) is 12.0. The van der Waals surface area contributed by atoms with Crippen molar-refractivity contribution in [1.82, 2.24) is 5.32 Å². The third-order valence-electron chi connectivity index (χ3n) is 4.15. The highest BCUT2D eigenvalue weighted by Crippen LogP contribution is 2.65. The lowest BCUT2D eigenvalue weighted by Gasteiger charge is -2.06. The summed E-state index contributed by atoms with van der Waals surface area (Å²) < 4.78 is 13.9. The van der Waals surface area contributed by atoms with Crippen molar-refractivity contribution in [1.29, 1.82) is 0 Å². The van der Waals surface area contributed by atoms with Gasteiger partial charge in [0.25, 0.3) is 0 Å². The van der Waals surface area contributed by atoms with Crippen LogP contribution < -0.4 is 5.32 Å². The minimum absolute atomic E-state index is 0.132. The molecular formula is C15H21ClFN. The van der Waals surface area contributed by atoms with Crippen LogP contribution in [0.5, 0.6) is 0 Å². The lowest BCUT2D eigenvalue weighted by molar-refractivity contribution is 0.517. The molecule has 0 saturated heterocycles. The number of hydrogen-bond donors (Lipinski definition) is 1. The molecule has 1 N–H and O–H groups in total. The van der Waals surface area contributed by atoms with Crippen molar-refractivity contribution in [3.8, 4) is 0 Å². The van der Waals surface area contributed by atoms with E-state index in [9.17, 15) is 4.39 Å². The highest BCUT2D eigenvalue weighted by atomic mass is 35.5. The van der Waals surface area contributed by atoms with Crippen LogP contribution >= 0.6 is 11.6 Å². The molecule has 0 bridgehead atoms. The lowest BCUT2D eigenvalue weighted by Crippen LogP contribution is -2.19. The second-order valence-electron chi connectivity index (χ2n) is 5.74. The average Bonchev–Trinajstić information content (AvgIpc) is 2.82. The normalized spacial score (nSPS) is 25.2. The van der Waals surface area contributed by atoms with Gasteiger partial charge >= 0.3 is 0 Å². The molecule has 2 atom stereocenters. The first-order valence-electron chi connectivity index (χ1n) is 6.64. The van der Waals surface area contributed by atoms with Crippen molar-refractivity contribution >= 4 is 11.6 Å². The van der Waals surface area contributed by atoms with Gasteiger partial charge in [-0.25, -0.2) is 4.39 Å². The van der Waals surface area contributed by atoms with Crippen LogP contribution in [0.1, 0.15) is 38.7 Å². The summed E-state index contributed by atoms with van der Waals surface area (Å²) in [6, 6.07) is 4.96. The first-order chi connectivity index (χ1) is 8.50. The number of rotatable bonds is 5. The van der Waals surface area contributed by atoms with E-state index in [1.165, 1.54) is 6.07 Å². The van der Waals surface area contributed by atoms with E-state index in [2.05, 4.69) is 26.1 Å². The third kappa shape index (κ3) is 2.41. The molecule has 18 heavy (non-hydrogen) atoms. The predicted octanol–water partition coefficient (Wildman–Crippen LogP) is 4.22. The Hall–Kier alpha value is -0.600. The van der Waals surface area contributed by atoms with Gasteiger partial charge in [0.15, 0.2) is 0 Å². The van der Waals surface area contributed by atoms with Crippen LogP contribution in [0.3, 0.4) is 0 Å². The zero-order chi connectivity index (χ0) is 13.3. The molecule has 1 aliphatic rings. The van der Waals surface area contributed by atoms with Gasteiger partial charge in [-0.05, 0) is 48.9 Å². The Kier molecular flexibility index (Phi) is 3.98. The number of hydrogen-bond acceptors (Lipinski definition) is 1. The highest BCUT2D eigenvalue weighted by molar-refractivity contribution is 6.31. The average molecular weight is 270 g/mol. The predicted molar refractivity (Wildman–Crippen MR) is 74.6 cm³/mol. The summed E-state index contributed by atoms with van der Waals surface area (Å²) in [5.41, 5.74) is 0.833. The van der Waals surface area contributed by atoms with E-state index < -0.39 is 0 Å². The van der Waals surface area contributed by atoms with Crippen molar-refractivity contribution in [2.24, 2.45) is 11.3 Å². The number of nitrogens with one attached hydrogen (secondary N) is 1. The van der Waals surface area contributed by atoms with Gasteiger partial charge in [-0.15, -0.1) is 0 Å². The molecule has 0 spiro atoms. The molecule has 2 rings (SSSR count). The van der Waals surface area contributed by atoms with Crippen LogP contribution in [-0.2, 0) is 0 Å². The van der Waals surface area contributed by atoms with Crippen molar-refractivity contribution < 1.29 is 4.39 Å². The Morgan fingerprint density at radius 3 is 2.72 bits per heavy atom. The summed E-state index contributed by atoms with van der Waals surface area (Å²) in [5.74, 6) is 0.535. The molecule has 1 aromatic rings. The smallest absolute Gasteiger partial charge is 0.128 e. The topological polar surface area (TPSA) is 12.0 Å². The van der Waals surface area contributed by atoms with Gasteiger partial charge in [-0.3, -0.25) is 0 Å². The molecule has 1 nitrogen and oxygen atoms in total. The van der Waals surface area contributed by atoms with Crippen LogP contribution in [0.15, 0.2) is 18.2 Å². The largest absolute Gasteiger partial charge is 0.316 e. The van der Waals surface area contributed by atoms with Crippen molar-refractivity contribution in [2.75, 3.05) is 13.1 Å². The Morgan fingerprint density at radius 2 is 2.11 bits per heavy atom. The van der Waals surface area contributed by atoms with Crippen LogP contribution in [0, 0.1) is 17.2 Å². The summed E-state index contributed by atoms with van der Waals surface area (Å²) in [6.07, 6.45) is 1.12. The molecule has 0 aromatic heterocycles. The van der Waals surface area contributed by atoms with Gasteiger partial charge in [-0.1, -0.05) is 38.4 Å². The maximum absolute atomic E-state index is 13.9. The maximum Gasteiger partial charge on any atom is 0.128 e. The standard InChI is InChI=1S/C15H21ClFN/c1-4-8-18-9-10-14(15(10,2)3)13-11(16)6-5-7-12(13)17/h5-7,10,14,18H,4,8-9H2,1-3H3. The molecule has 0 radical (unpaired) electrons. The third-order valence-corrected chi connectivity index (χ3v) is 4.48. The van der Waals surface area contributed by atoms with Crippen LogP contribution in [0.2, 0.25) is 5.02 Å². The van der Waals surface area contributed by atoms with Gasteiger partial charge < -0.3 is 5.32 Å². The Bertz CT molecular complexity index is 410. The number of benzene rings is 1. The maximum atomic E-state index is 13.9. The highest BCUT2D eigenvalue weighted by Gasteiger charge is 2.59. The lowest BCUT2D eigenvalue weighted by atomic mass is 10.0. The fraction of sp³-hybridized carbons (Fsp3) is 0.600. The van der Waals surface area contributed by atoms with Crippen molar-refractivity contribution in [2.45, 2.75) is 33.1 Å². The second kappa shape index (κ2) is 5.18. The molecule has 1 aliphatic carbocycles. The first-order valence-corrected chi connectivity index (χ1v) is 7.02. The van der Waals surface area contributed by atoms with E-state index in [1.54, 1.807) is 12.1 Å². The molecular weight excluding hydrogens is 249 g/mol.